The van der Waals surface area contributed by atoms with Crippen LogP contribution >= 0.6 is 15.9 Å². The number of rotatable bonds is 6. The van der Waals surface area contributed by atoms with E-state index in [0.717, 1.165) is 31.6 Å². The Morgan fingerprint density at radius 3 is 2.49 bits per heavy atom. The molecule has 0 bridgehead atoms. The van der Waals surface area contributed by atoms with E-state index in [-0.39, 0.29) is 5.57 Å². The van der Waals surface area contributed by atoms with Crippen LogP contribution in [0.4, 0.5) is 10.5 Å². The van der Waals surface area contributed by atoms with Crippen LogP contribution in [0.25, 0.3) is 6.08 Å². The standard InChI is InChI=1S/C28H25BrN2O4/c1-4-35-25-15-19(12-13-21(25)16-20-9-5-6-10-23(20)29)14-22-26(32)30-28(34)31(27(22)33)24-11-7-8-17(2)18(24)3/h5-15H,4,16H2,1-3H3,(H,30,32,34)/b22-14+. The predicted octanol–water partition coefficient (Wildman–Crippen LogP) is 5.72. The molecule has 178 valence electrons. The Bertz CT molecular complexity index is 1360. The molecule has 35 heavy (non-hydrogen) atoms. The lowest BCUT2D eigenvalue weighted by atomic mass is 10.00. The summed E-state index contributed by atoms with van der Waals surface area (Å²) in [6.07, 6.45) is 2.15. The van der Waals surface area contributed by atoms with Gasteiger partial charge in [-0.15, -0.1) is 0 Å². The Hall–Kier alpha value is -3.71. The van der Waals surface area contributed by atoms with Crippen LogP contribution < -0.4 is 15.0 Å². The number of carbonyl (C=O) groups excluding carboxylic acids is 3. The maximum Gasteiger partial charge on any atom is 0.335 e. The minimum atomic E-state index is -0.760. The third-order valence-electron chi connectivity index (χ3n) is 5.96. The second-order valence-corrected chi connectivity index (χ2v) is 9.10. The SMILES string of the molecule is CCOc1cc(/C=C2\C(=O)NC(=O)N(c3cccc(C)c3C)C2=O)ccc1Cc1ccccc1Br. The van der Waals surface area contributed by atoms with Crippen molar-refractivity contribution in [1.82, 2.24) is 5.32 Å². The van der Waals surface area contributed by atoms with E-state index in [1.165, 1.54) is 6.08 Å². The summed E-state index contributed by atoms with van der Waals surface area (Å²) in [6.45, 7) is 6.11. The molecule has 0 saturated carbocycles. The molecule has 0 unspecified atom stereocenters. The number of benzene rings is 3. The Morgan fingerprint density at radius 2 is 1.74 bits per heavy atom. The fourth-order valence-electron chi connectivity index (χ4n) is 3.96. The van der Waals surface area contributed by atoms with Gasteiger partial charge in [0.15, 0.2) is 0 Å². The van der Waals surface area contributed by atoms with Crippen LogP contribution in [-0.4, -0.2) is 24.5 Å². The van der Waals surface area contributed by atoms with Crippen molar-refractivity contribution in [3.05, 3.63) is 98.5 Å². The molecule has 0 atom stereocenters. The number of aryl methyl sites for hydroxylation is 1. The van der Waals surface area contributed by atoms with Gasteiger partial charge in [-0.3, -0.25) is 14.9 Å². The second kappa shape index (κ2) is 10.3. The molecule has 7 heteroatoms. The van der Waals surface area contributed by atoms with Gasteiger partial charge in [0, 0.05) is 10.9 Å². The molecule has 1 aliphatic heterocycles. The number of imide groups is 2. The van der Waals surface area contributed by atoms with Crippen molar-refractivity contribution in [2.24, 2.45) is 0 Å². The summed E-state index contributed by atoms with van der Waals surface area (Å²) >= 11 is 3.59. The molecule has 3 aromatic carbocycles. The number of nitrogens with one attached hydrogen (secondary N) is 1. The molecule has 1 saturated heterocycles. The number of urea groups is 1. The summed E-state index contributed by atoms with van der Waals surface area (Å²) in [5.41, 5.74) is 4.78. The lowest BCUT2D eigenvalue weighted by Crippen LogP contribution is -2.54. The van der Waals surface area contributed by atoms with Crippen molar-refractivity contribution < 1.29 is 19.1 Å². The van der Waals surface area contributed by atoms with Crippen molar-refractivity contribution >= 4 is 45.5 Å². The van der Waals surface area contributed by atoms with E-state index in [1.807, 2.05) is 69.3 Å². The van der Waals surface area contributed by atoms with Crippen LogP contribution in [0.5, 0.6) is 5.75 Å². The van der Waals surface area contributed by atoms with Crippen molar-refractivity contribution in [2.75, 3.05) is 11.5 Å². The summed E-state index contributed by atoms with van der Waals surface area (Å²) in [5.74, 6) is -0.719. The molecule has 1 heterocycles. The third-order valence-corrected chi connectivity index (χ3v) is 6.73. The third kappa shape index (κ3) is 5.05. The highest BCUT2D eigenvalue weighted by Gasteiger charge is 2.37. The molecular formula is C28H25BrN2O4. The van der Waals surface area contributed by atoms with E-state index in [4.69, 9.17) is 4.74 Å². The first-order valence-electron chi connectivity index (χ1n) is 11.3. The normalized spacial score (nSPS) is 14.9. The highest BCUT2D eigenvalue weighted by Crippen LogP contribution is 2.30. The minimum Gasteiger partial charge on any atom is -0.494 e. The zero-order valence-corrected chi connectivity index (χ0v) is 21.3. The quantitative estimate of drug-likeness (QED) is 0.325. The fraction of sp³-hybridized carbons (Fsp3) is 0.179. The molecule has 4 amide bonds. The van der Waals surface area contributed by atoms with Crippen LogP contribution in [0.3, 0.4) is 0 Å². The number of amides is 4. The monoisotopic (exact) mass is 532 g/mol. The molecule has 1 N–H and O–H groups in total. The summed E-state index contributed by atoms with van der Waals surface area (Å²) in [4.78, 5) is 39.5. The van der Waals surface area contributed by atoms with Gasteiger partial charge in [0.25, 0.3) is 11.8 Å². The highest BCUT2D eigenvalue weighted by atomic mass is 79.9. The fourth-order valence-corrected chi connectivity index (χ4v) is 4.39. The topological polar surface area (TPSA) is 75.7 Å². The van der Waals surface area contributed by atoms with Crippen LogP contribution in [0, 0.1) is 13.8 Å². The molecule has 0 aromatic heterocycles. The number of barbiturate groups is 1. The Labute approximate surface area is 212 Å². The van der Waals surface area contributed by atoms with Crippen LogP contribution in [-0.2, 0) is 16.0 Å². The van der Waals surface area contributed by atoms with Gasteiger partial charge in [-0.2, -0.15) is 0 Å². The van der Waals surface area contributed by atoms with Crippen molar-refractivity contribution in [1.29, 1.82) is 0 Å². The van der Waals surface area contributed by atoms with Gasteiger partial charge in [-0.05, 0) is 72.9 Å². The van der Waals surface area contributed by atoms with Crippen molar-refractivity contribution in [3.63, 3.8) is 0 Å². The van der Waals surface area contributed by atoms with Crippen molar-refractivity contribution in [3.8, 4) is 5.75 Å². The smallest absolute Gasteiger partial charge is 0.335 e. The first kappa shape index (κ1) is 24.4. The number of ether oxygens (including phenoxy) is 1. The average Bonchev–Trinajstić information content (AvgIpc) is 2.82. The number of anilines is 1. The van der Waals surface area contributed by atoms with E-state index in [1.54, 1.807) is 12.1 Å². The molecule has 1 fully saturated rings. The molecule has 6 nitrogen and oxygen atoms in total. The molecule has 0 aliphatic carbocycles. The zero-order valence-electron chi connectivity index (χ0n) is 19.7. The van der Waals surface area contributed by atoms with Crippen LogP contribution in [0.1, 0.15) is 34.7 Å². The van der Waals surface area contributed by atoms with E-state index < -0.39 is 17.8 Å². The molecule has 1 aliphatic rings. The Morgan fingerprint density at radius 1 is 0.971 bits per heavy atom. The molecule has 0 radical (unpaired) electrons. The van der Waals surface area contributed by atoms with Gasteiger partial charge in [0.05, 0.1) is 12.3 Å². The first-order valence-corrected chi connectivity index (χ1v) is 12.1. The number of hydrogen-bond donors (Lipinski definition) is 1. The van der Waals surface area contributed by atoms with Crippen LogP contribution in [0.2, 0.25) is 0 Å². The summed E-state index contributed by atoms with van der Waals surface area (Å²) in [5, 5.41) is 2.29. The van der Waals surface area contributed by atoms with E-state index in [2.05, 4.69) is 21.2 Å². The van der Waals surface area contributed by atoms with Crippen LogP contribution in [0.15, 0.2) is 70.7 Å². The number of halogens is 1. The van der Waals surface area contributed by atoms with E-state index in [0.29, 0.717) is 30.0 Å². The molecular weight excluding hydrogens is 508 g/mol. The maximum atomic E-state index is 13.3. The van der Waals surface area contributed by atoms with Gasteiger partial charge in [-0.25, -0.2) is 9.69 Å². The first-order chi connectivity index (χ1) is 16.8. The summed E-state index contributed by atoms with van der Waals surface area (Å²) in [6, 6.07) is 18.2. The Balaban J connectivity index is 1.70. The largest absolute Gasteiger partial charge is 0.494 e. The lowest BCUT2D eigenvalue weighted by Gasteiger charge is -2.28. The molecule has 0 spiro atoms. The predicted molar refractivity (Wildman–Crippen MR) is 139 cm³/mol. The van der Waals surface area contributed by atoms with Gasteiger partial charge >= 0.3 is 6.03 Å². The average molecular weight is 533 g/mol. The van der Waals surface area contributed by atoms with Gasteiger partial charge in [0.1, 0.15) is 11.3 Å². The Kier molecular flexibility index (Phi) is 7.17. The second-order valence-electron chi connectivity index (χ2n) is 8.25. The van der Waals surface area contributed by atoms with Gasteiger partial charge in [-0.1, -0.05) is 58.4 Å². The van der Waals surface area contributed by atoms with Gasteiger partial charge < -0.3 is 4.74 Å². The molecule has 3 aromatic rings. The number of nitrogens with zero attached hydrogens (tertiary/aromatic N) is 1. The maximum absolute atomic E-state index is 13.3. The van der Waals surface area contributed by atoms with E-state index in [9.17, 15) is 14.4 Å². The summed E-state index contributed by atoms with van der Waals surface area (Å²) in [7, 11) is 0. The minimum absolute atomic E-state index is 0.119. The highest BCUT2D eigenvalue weighted by molar-refractivity contribution is 9.10. The van der Waals surface area contributed by atoms with Gasteiger partial charge in [0.2, 0.25) is 0 Å². The lowest BCUT2D eigenvalue weighted by molar-refractivity contribution is -0.122. The number of hydrogen-bond acceptors (Lipinski definition) is 4. The van der Waals surface area contributed by atoms with Crippen molar-refractivity contribution in [2.45, 2.75) is 27.2 Å². The molecule has 4 rings (SSSR count). The number of carbonyl (C=O) groups is 3. The van der Waals surface area contributed by atoms with E-state index >= 15 is 0 Å². The summed E-state index contributed by atoms with van der Waals surface area (Å²) < 4.78 is 6.88. The zero-order chi connectivity index (χ0) is 25.1.